The molecule has 3 heterocycles. The van der Waals surface area contributed by atoms with E-state index in [1.165, 1.54) is 4.88 Å². The Labute approximate surface area is 173 Å². The SMILES string of the molecule is Cc1nc(C)c(CNc2nc(OC[C@@H]3C[C@H]3c3ccccn3)nc(Cl)c2C)s1. The van der Waals surface area contributed by atoms with Crippen LogP contribution in [0.5, 0.6) is 6.01 Å². The van der Waals surface area contributed by atoms with Crippen LogP contribution in [0.4, 0.5) is 5.82 Å². The molecule has 3 aromatic heterocycles. The van der Waals surface area contributed by atoms with Gasteiger partial charge in [-0.05, 0) is 39.3 Å². The first-order valence-corrected chi connectivity index (χ1v) is 10.5. The molecule has 8 heteroatoms. The lowest BCUT2D eigenvalue weighted by atomic mass is 10.2. The van der Waals surface area contributed by atoms with Crippen LogP contribution in [0, 0.1) is 26.7 Å². The molecule has 2 atom stereocenters. The van der Waals surface area contributed by atoms with Gasteiger partial charge < -0.3 is 10.1 Å². The molecule has 0 aromatic carbocycles. The number of thiazole rings is 1. The van der Waals surface area contributed by atoms with E-state index in [-0.39, 0.29) is 0 Å². The maximum absolute atomic E-state index is 6.30. The number of rotatable bonds is 7. The minimum Gasteiger partial charge on any atom is -0.463 e. The number of hydrogen-bond donors (Lipinski definition) is 1. The number of anilines is 1. The summed E-state index contributed by atoms with van der Waals surface area (Å²) in [6, 6.07) is 6.33. The normalized spacial score (nSPS) is 18.1. The van der Waals surface area contributed by atoms with Crippen molar-refractivity contribution in [3.63, 3.8) is 0 Å². The van der Waals surface area contributed by atoms with Crippen LogP contribution in [0.2, 0.25) is 5.15 Å². The second kappa shape index (κ2) is 8.01. The second-order valence-electron chi connectivity index (χ2n) is 7.03. The average molecular weight is 416 g/mol. The van der Waals surface area contributed by atoms with E-state index in [0.717, 1.165) is 28.4 Å². The van der Waals surface area contributed by atoms with Gasteiger partial charge in [-0.25, -0.2) is 4.98 Å². The summed E-state index contributed by atoms with van der Waals surface area (Å²) < 4.78 is 5.85. The summed E-state index contributed by atoms with van der Waals surface area (Å²) in [5, 5.41) is 4.81. The zero-order valence-corrected chi connectivity index (χ0v) is 17.6. The quantitative estimate of drug-likeness (QED) is 0.564. The van der Waals surface area contributed by atoms with E-state index in [4.69, 9.17) is 16.3 Å². The first-order valence-electron chi connectivity index (χ1n) is 9.26. The van der Waals surface area contributed by atoms with E-state index in [1.807, 2.05) is 39.1 Å². The molecule has 0 bridgehead atoms. The maximum Gasteiger partial charge on any atom is 0.319 e. The number of ether oxygens (including phenoxy) is 1. The Bertz CT molecular complexity index is 978. The van der Waals surface area contributed by atoms with Crippen LogP contribution in [0.1, 0.15) is 39.2 Å². The second-order valence-corrected chi connectivity index (χ2v) is 8.68. The van der Waals surface area contributed by atoms with Crippen LogP contribution in [-0.4, -0.2) is 26.5 Å². The Morgan fingerprint density at radius 3 is 2.79 bits per heavy atom. The van der Waals surface area contributed by atoms with Crippen LogP contribution in [0.25, 0.3) is 0 Å². The third-order valence-electron chi connectivity index (χ3n) is 4.90. The molecule has 1 fully saturated rings. The molecule has 146 valence electrons. The molecule has 0 aliphatic heterocycles. The van der Waals surface area contributed by atoms with Crippen molar-refractivity contribution < 1.29 is 4.74 Å². The van der Waals surface area contributed by atoms with Gasteiger partial charge in [0.2, 0.25) is 0 Å². The molecule has 3 aromatic rings. The number of aryl methyl sites for hydroxylation is 2. The Balaban J connectivity index is 1.39. The molecule has 1 saturated carbocycles. The average Bonchev–Trinajstić information content (AvgIpc) is 3.39. The van der Waals surface area contributed by atoms with Gasteiger partial charge in [0.25, 0.3) is 0 Å². The minimum absolute atomic E-state index is 0.307. The summed E-state index contributed by atoms with van der Waals surface area (Å²) in [7, 11) is 0. The molecule has 4 rings (SSSR count). The predicted octanol–water partition coefficient (Wildman–Crippen LogP) is 4.70. The molecule has 28 heavy (non-hydrogen) atoms. The van der Waals surface area contributed by atoms with Crippen molar-refractivity contribution in [2.75, 3.05) is 11.9 Å². The number of pyridine rings is 1. The molecule has 0 saturated heterocycles. The lowest BCUT2D eigenvalue weighted by Gasteiger charge is -2.11. The van der Waals surface area contributed by atoms with Gasteiger partial charge in [-0.15, -0.1) is 11.3 Å². The Morgan fingerprint density at radius 2 is 2.07 bits per heavy atom. The highest BCUT2D eigenvalue weighted by Crippen LogP contribution is 2.46. The fraction of sp³-hybridized carbons (Fsp3) is 0.400. The highest BCUT2D eigenvalue weighted by Gasteiger charge is 2.40. The Kier molecular flexibility index (Phi) is 5.46. The predicted molar refractivity (Wildman–Crippen MR) is 111 cm³/mol. The number of halogens is 1. The molecule has 0 radical (unpaired) electrons. The monoisotopic (exact) mass is 415 g/mol. The third-order valence-corrected chi connectivity index (χ3v) is 6.34. The first kappa shape index (κ1) is 19.1. The van der Waals surface area contributed by atoms with Gasteiger partial charge in [0.1, 0.15) is 11.0 Å². The number of aromatic nitrogens is 4. The largest absolute Gasteiger partial charge is 0.463 e. The van der Waals surface area contributed by atoms with Crippen molar-refractivity contribution in [2.24, 2.45) is 5.92 Å². The zero-order chi connectivity index (χ0) is 19.7. The molecule has 0 unspecified atom stereocenters. The summed E-state index contributed by atoms with van der Waals surface area (Å²) in [5.74, 6) is 1.59. The lowest BCUT2D eigenvalue weighted by molar-refractivity contribution is 0.274. The minimum atomic E-state index is 0.307. The van der Waals surface area contributed by atoms with Gasteiger partial charge >= 0.3 is 6.01 Å². The summed E-state index contributed by atoms with van der Waals surface area (Å²) in [6.07, 6.45) is 2.91. The molecule has 1 N–H and O–H groups in total. The van der Waals surface area contributed by atoms with Crippen molar-refractivity contribution >= 4 is 28.8 Å². The number of hydrogen-bond acceptors (Lipinski definition) is 7. The Morgan fingerprint density at radius 1 is 1.21 bits per heavy atom. The summed E-state index contributed by atoms with van der Waals surface area (Å²) in [4.78, 5) is 18.9. The van der Waals surface area contributed by atoms with Crippen LogP contribution in [-0.2, 0) is 6.54 Å². The molecule has 1 aliphatic carbocycles. The smallest absolute Gasteiger partial charge is 0.319 e. The van der Waals surface area contributed by atoms with E-state index < -0.39 is 0 Å². The Hall–Kier alpha value is -2.25. The lowest BCUT2D eigenvalue weighted by Crippen LogP contribution is -2.09. The van der Waals surface area contributed by atoms with Crippen LogP contribution >= 0.6 is 22.9 Å². The van der Waals surface area contributed by atoms with Crippen molar-refractivity contribution in [3.8, 4) is 6.01 Å². The fourth-order valence-corrected chi connectivity index (χ4v) is 4.22. The van der Waals surface area contributed by atoms with Gasteiger partial charge in [-0.3, -0.25) is 4.98 Å². The highest BCUT2D eigenvalue weighted by molar-refractivity contribution is 7.11. The fourth-order valence-electron chi connectivity index (χ4n) is 3.18. The van der Waals surface area contributed by atoms with Crippen molar-refractivity contribution in [2.45, 2.75) is 39.7 Å². The molecule has 0 spiro atoms. The van der Waals surface area contributed by atoms with Crippen LogP contribution in [0.15, 0.2) is 24.4 Å². The van der Waals surface area contributed by atoms with Crippen molar-refractivity contribution in [1.29, 1.82) is 0 Å². The van der Waals surface area contributed by atoms with Gasteiger partial charge in [0, 0.05) is 34.2 Å². The zero-order valence-electron chi connectivity index (χ0n) is 16.1. The summed E-state index contributed by atoms with van der Waals surface area (Å²) >= 11 is 7.98. The van der Waals surface area contributed by atoms with Crippen LogP contribution in [0.3, 0.4) is 0 Å². The van der Waals surface area contributed by atoms with Gasteiger partial charge in [0.05, 0.1) is 23.9 Å². The summed E-state index contributed by atoms with van der Waals surface area (Å²) in [6.45, 7) is 7.14. The molecule has 6 nitrogen and oxygen atoms in total. The van der Waals surface area contributed by atoms with Crippen molar-refractivity contribution in [1.82, 2.24) is 19.9 Å². The third kappa shape index (κ3) is 4.25. The maximum atomic E-state index is 6.30. The van der Waals surface area contributed by atoms with E-state index in [0.29, 0.717) is 42.0 Å². The van der Waals surface area contributed by atoms with E-state index in [1.54, 1.807) is 11.3 Å². The van der Waals surface area contributed by atoms with E-state index >= 15 is 0 Å². The van der Waals surface area contributed by atoms with Crippen LogP contribution < -0.4 is 10.1 Å². The van der Waals surface area contributed by atoms with Gasteiger partial charge in [-0.1, -0.05) is 17.7 Å². The van der Waals surface area contributed by atoms with Gasteiger partial charge in [0.15, 0.2) is 0 Å². The molecular weight excluding hydrogens is 394 g/mol. The van der Waals surface area contributed by atoms with E-state index in [9.17, 15) is 0 Å². The van der Waals surface area contributed by atoms with E-state index in [2.05, 4.69) is 31.3 Å². The molecule has 1 aliphatic rings. The first-order chi connectivity index (χ1) is 13.5. The summed E-state index contributed by atoms with van der Waals surface area (Å²) in [5.41, 5.74) is 2.97. The standard InChI is InChI=1S/C20H22ClN5OS/c1-11-18(21)25-20(26-19(11)23-9-17-12(2)24-13(3)28-17)27-10-14-8-15(14)16-6-4-5-7-22-16/h4-7,14-15H,8-10H2,1-3H3,(H,23,25,26)/t14-,15+/m0/s1. The highest BCUT2D eigenvalue weighted by atomic mass is 35.5. The topological polar surface area (TPSA) is 72.8 Å². The van der Waals surface area contributed by atoms with Crippen molar-refractivity contribution in [3.05, 3.63) is 56.4 Å². The molecule has 0 amide bonds. The van der Waals surface area contributed by atoms with Gasteiger partial charge in [-0.2, -0.15) is 9.97 Å². The number of nitrogens with zero attached hydrogens (tertiary/aromatic N) is 4. The molecular formula is C20H22ClN5OS. The number of nitrogens with one attached hydrogen (secondary N) is 1.